The van der Waals surface area contributed by atoms with Crippen LogP contribution in [0.3, 0.4) is 0 Å². The van der Waals surface area contributed by atoms with Crippen LogP contribution in [0.5, 0.6) is 0 Å². The van der Waals surface area contributed by atoms with E-state index in [1.807, 2.05) is 30.5 Å². The van der Waals surface area contributed by atoms with Crippen LogP contribution in [0.15, 0.2) is 47.5 Å². The van der Waals surface area contributed by atoms with Gasteiger partial charge in [0.25, 0.3) is 5.56 Å². The number of hydrogen-bond donors (Lipinski definition) is 3. The molecule has 2 aromatic carbocycles. The average molecular weight is 430 g/mol. The first-order valence-electron chi connectivity index (χ1n) is 10.5. The van der Waals surface area contributed by atoms with Gasteiger partial charge in [-0.3, -0.25) is 14.9 Å². The molecule has 0 spiro atoms. The van der Waals surface area contributed by atoms with Crippen molar-refractivity contribution >= 4 is 50.0 Å². The molecule has 0 unspecified atom stereocenters. The second-order valence-corrected chi connectivity index (χ2v) is 8.67. The summed E-state index contributed by atoms with van der Waals surface area (Å²) < 4.78 is 0. The summed E-state index contributed by atoms with van der Waals surface area (Å²) in [4.78, 5) is 20.6. The van der Waals surface area contributed by atoms with E-state index < -0.39 is 0 Å². The number of nitrogen functional groups attached to an aromatic ring is 1. The number of H-pyrrole nitrogens is 2. The van der Waals surface area contributed by atoms with Crippen molar-refractivity contribution in [2.24, 2.45) is 0 Å². The van der Waals surface area contributed by atoms with Gasteiger partial charge >= 0.3 is 0 Å². The highest BCUT2D eigenvalue weighted by atomic mass is 35.5. The fraction of sp³-hybridized carbons (Fsp3) is 0.208. The topological polar surface area (TPSA) is 100 Å². The summed E-state index contributed by atoms with van der Waals surface area (Å²) in [6.45, 7) is 0. The van der Waals surface area contributed by atoms with Crippen molar-refractivity contribution in [1.82, 2.24) is 20.2 Å². The molecule has 1 aliphatic rings. The number of benzene rings is 2. The lowest BCUT2D eigenvalue weighted by molar-refractivity contribution is 0.728. The summed E-state index contributed by atoms with van der Waals surface area (Å²) in [5.74, 6) is 0.460. The highest BCUT2D eigenvalue weighted by molar-refractivity contribution is 6.35. The number of rotatable bonds is 2. The van der Waals surface area contributed by atoms with Crippen LogP contribution < -0.4 is 11.3 Å². The molecule has 0 radical (unpaired) electrons. The molecular formula is C24H20ClN5O. The molecule has 4 N–H and O–H groups in total. The summed E-state index contributed by atoms with van der Waals surface area (Å²) in [5.41, 5.74) is 11.5. The number of aromatic nitrogens is 4. The van der Waals surface area contributed by atoms with E-state index in [-0.39, 0.29) is 11.2 Å². The summed E-state index contributed by atoms with van der Waals surface area (Å²) in [6.07, 6.45) is 8.30. The van der Waals surface area contributed by atoms with Crippen LogP contribution in [0.1, 0.15) is 37.2 Å². The number of halogens is 1. The zero-order valence-electron chi connectivity index (χ0n) is 16.7. The molecule has 3 aromatic heterocycles. The zero-order valence-corrected chi connectivity index (χ0v) is 17.5. The molecule has 3 heterocycles. The average Bonchev–Trinajstić information content (AvgIpc) is 3.48. The number of nitrogens with one attached hydrogen (secondary N) is 2. The second kappa shape index (κ2) is 6.82. The van der Waals surface area contributed by atoms with E-state index in [1.165, 1.54) is 18.4 Å². The van der Waals surface area contributed by atoms with Crippen molar-refractivity contribution in [2.45, 2.75) is 31.6 Å². The third kappa shape index (κ3) is 2.68. The Morgan fingerprint density at radius 1 is 1.06 bits per heavy atom. The summed E-state index contributed by atoms with van der Waals surface area (Å²) >= 11 is 6.36. The standard InChI is InChI=1S/C24H20ClN5O/c25-18-8-7-13(17-11-28-30-23(17)18)19-16-10-15(12-4-1-2-5-12)21-14(6-3-9-27-21)22(16)29-24(31)20(19)26/h3,6-12H,1-2,4-5,26H2,(H,28,30)(H,29,31). The lowest BCUT2D eigenvalue weighted by Gasteiger charge is -2.18. The lowest BCUT2D eigenvalue weighted by atomic mass is 9.89. The van der Waals surface area contributed by atoms with Crippen molar-refractivity contribution in [3.8, 4) is 11.1 Å². The zero-order chi connectivity index (χ0) is 21.1. The van der Waals surface area contributed by atoms with Crippen LogP contribution in [-0.2, 0) is 0 Å². The number of pyridine rings is 2. The minimum absolute atomic E-state index is 0.193. The van der Waals surface area contributed by atoms with Crippen LogP contribution in [0.2, 0.25) is 5.02 Å². The normalized spacial score (nSPS) is 14.9. The Bertz CT molecular complexity index is 1550. The minimum Gasteiger partial charge on any atom is -0.394 e. The highest BCUT2D eigenvalue weighted by Crippen LogP contribution is 2.43. The number of anilines is 1. The predicted molar refractivity (Wildman–Crippen MR) is 126 cm³/mol. The molecule has 6 nitrogen and oxygen atoms in total. The van der Waals surface area contributed by atoms with Gasteiger partial charge < -0.3 is 10.7 Å². The molecule has 1 aliphatic carbocycles. The number of aromatic amines is 2. The Labute approximate surface area is 182 Å². The Balaban J connectivity index is 1.80. The van der Waals surface area contributed by atoms with Crippen LogP contribution in [0.25, 0.3) is 43.8 Å². The van der Waals surface area contributed by atoms with Crippen LogP contribution in [0, 0.1) is 0 Å². The van der Waals surface area contributed by atoms with Gasteiger partial charge in [-0.25, -0.2) is 0 Å². The molecule has 5 aromatic rings. The van der Waals surface area contributed by atoms with Gasteiger partial charge in [0.15, 0.2) is 0 Å². The van der Waals surface area contributed by atoms with E-state index in [0.717, 1.165) is 51.1 Å². The molecule has 31 heavy (non-hydrogen) atoms. The number of nitrogens with zero attached hydrogens (tertiary/aromatic N) is 2. The molecule has 0 bridgehead atoms. The fourth-order valence-electron chi connectivity index (χ4n) is 5.11. The van der Waals surface area contributed by atoms with E-state index in [0.29, 0.717) is 16.5 Å². The third-order valence-electron chi connectivity index (χ3n) is 6.57. The smallest absolute Gasteiger partial charge is 0.272 e. The third-order valence-corrected chi connectivity index (χ3v) is 6.89. The maximum Gasteiger partial charge on any atom is 0.272 e. The molecule has 1 fully saturated rings. The Morgan fingerprint density at radius 2 is 1.90 bits per heavy atom. The van der Waals surface area contributed by atoms with Crippen LogP contribution in [0.4, 0.5) is 5.69 Å². The van der Waals surface area contributed by atoms with Gasteiger partial charge in [0.1, 0.15) is 5.69 Å². The van der Waals surface area contributed by atoms with Gasteiger partial charge in [0.05, 0.1) is 27.8 Å². The maximum absolute atomic E-state index is 12.9. The van der Waals surface area contributed by atoms with Gasteiger partial charge in [0, 0.05) is 27.9 Å². The van der Waals surface area contributed by atoms with E-state index in [1.54, 1.807) is 6.20 Å². The number of nitrogens with two attached hydrogens (primary N) is 1. The Hall–Kier alpha value is -3.38. The summed E-state index contributed by atoms with van der Waals surface area (Å²) in [6, 6.07) is 9.83. The van der Waals surface area contributed by atoms with E-state index in [2.05, 4.69) is 21.2 Å². The molecule has 7 heteroatoms. The SMILES string of the molecule is Nc1c(-c2ccc(Cl)c3[nH]ncc23)c2cc(C3CCCC3)c3ncccc3c2[nH]c1=O. The first-order valence-corrected chi connectivity index (χ1v) is 10.9. The molecule has 1 saturated carbocycles. The molecule has 6 rings (SSSR count). The first-order chi connectivity index (χ1) is 15.1. The van der Waals surface area contributed by atoms with Gasteiger partial charge in [0.2, 0.25) is 0 Å². The Kier molecular flexibility index (Phi) is 4.05. The van der Waals surface area contributed by atoms with Crippen LogP contribution >= 0.6 is 11.6 Å². The molecule has 154 valence electrons. The molecule has 0 atom stereocenters. The van der Waals surface area contributed by atoms with Crippen molar-refractivity contribution in [3.63, 3.8) is 0 Å². The summed E-state index contributed by atoms with van der Waals surface area (Å²) in [7, 11) is 0. The van der Waals surface area contributed by atoms with Gasteiger partial charge in [-0.2, -0.15) is 5.10 Å². The van der Waals surface area contributed by atoms with E-state index in [4.69, 9.17) is 22.3 Å². The second-order valence-electron chi connectivity index (χ2n) is 8.27. The fourth-order valence-corrected chi connectivity index (χ4v) is 5.31. The maximum atomic E-state index is 12.9. The monoisotopic (exact) mass is 429 g/mol. The van der Waals surface area contributed by atoms with Crippen molar-refractivity contribution in [1.29, 1.82) is 0 Å². The van der Waals surface area contributed by atoms with Gasteiger partial charge in [-0.15, -0.1) is 0 Å². The van der Waals surface area contributed by atoms with Crippen molar-refractivity contribution in [3.05, 3.63) is 63.7 Å². The molecule has 0 saturated heterocycles. The molecular weight excluding hydrogens is 410 g/mol. The van der Waals surface area contributed by atoms with Crippen LogP contribution in [-0.4, -0.2) is 20.2 Å². The highest BCUT2D eigenvalue weighted by Gasteiger charge is 2.24. The first kappa shape index (κ1) is 18.4. The largest absolute Gasteiger partial charge is 0.394 e. The quantitative estimate of drug-likeness (QED) is 0.322. The lowest BCUT2D eigenvalue weighted by Crippen LogP contribution is -2.14. The minimum atomic E-state index is -0.312. The van der Waals surface area contributed by atoms with E-state index >= 15 is 0 Å². The predicted octanol–water partition coefficient (Wildman–Crippen LogP) is 5.51. The number of fused-ring (bicyclic) bond motifs is 4. The Morgan fingerprint density at radius 3 is 2.74 bits per heavy atom. The summed E-state index contributed by atoms with van der Waals surface area (Å²) in [5, 5.41) is 10.4. The van der Waals surface area contributed by atoms with Gasteiger partial charge in [-0.05, 0) is 54.2 Å². The molecule has 0 amide bonds. The van der Waals surface area contributed by atoms with Gasteiger partial charge in [-0.1, -0.05) is 30.5 Å². The molecule has 0 aliphatic heterocycles. The number of hydrogen-bond acceptors (Lipinski definition) is 4. The van der Waals surface area contributed by atoms with E-state index in [9.17, 15) is 4.79 Å². The van der Waals surface area contributed by atoms with Crippen molar-refractivity contribution < 1.29 is 0 Å². The van der Waals surface area contributed by atoms with Crippen molar-refractivity contribution in [2.75, 3.05) is 5.73 Å².